The zero-order valence-electron chi connectivity index (χ0n) is 10.9. The number of hydrogen-bond acceptors (Lipinski definition) is 3. The summed E-state index contributed by atoms with van der Waals surface area (Å²) >= 11 is 0. The molecule has 1 aromatic rings. The van der Waals surface area contributed by atoms with E-state index in [0.717, 1.165) is 19.3 Å². The smallest absolute Gasteiger partial charge is 0.265 e. The van der Waals surface area contributed by atoms with Gasteiger partial charge in [-0.15, -0.1) is 0 Å². The van der Waals surface area contributed by atoms with Gasteiger partial charge in [0.1, 0.15) is 0 Å². The van der Waals surface area contributed by atoms with Gasteiger partial charge in [-0.1, -0.05) is 6.42 Å². The summed E-state index contributed by atoms with van der Waals surface area (Å²) in [7, 11) is -3.22. The van der Waals surface area contributed by atoms with Crippen LogP contribution in [0.2, 0.25) is 0 Å². The number of hydrogen-bond donors (Lipinski definition) is 0. The lowest BCUT2D eigenvalue weighted by atomic mass is 9.95. The maximum absolute atomic E-state index is 12.4. The molecule has 0 radical (unpaired) electrons. The molecular formula is C13H19N3O2S. The minimum absolute atomic E-state index is 0.322. The lowest BCUT2D eigenvalue weighted by molar-refractivity contribution is 0.229. The van der Waals surface area contributed by atoms with Crippen molar-refractivity contribution in [2.75, 3.05) is 26.2 Å². The molecule has 0 amide bonds. The molecule has 0 aromatic carbocycles. The molecule has 0 N–H and O–H groups in total. The number of aromatic nitrogens is 1. The third kappa shape index (κ3) is 2.52. The number of pyridine rings is 1. The maximum Gasteiger partial charge on any atom is 0.282 e. The van der Waals surface area contributed by atoms with Gasteiger partial charge in [0.05, 0.1) is 0 Å². The summed E-state index contributed by atoms with van der Waals surface area (Å²) in [4.78, 5) is 3.99. The Bertz CT molecular complexity index is 520. The SMILES string of the molecule is O=S(=O)(N1CCCCC1)N1CC(c2ccncc2)C1. The Morgan fingerprint density at radius 1 is 1.00 bits per heavy atom. The molecule has 0 unspecified atom stereocenters. The molecule has 3 heterocycles. The van der Waals surface area contributed by atoms with Crippen molar-refractivity contribution in [3.63, 3.8) is 0 Å². The molecule has 3 rings (SSSR count). The van der Waals surface area contributed by atoms with Gasteiger partial charge in [-0.05, 0) is 30.5 Å². The van der Waals surface area contributed by atoms with Gasteiger partial charge in [-0.3, -0.25) is 4.98 Å². The first kappa shape index (κ1) is 13.0. The second-order valence-electron chi connectivity index (χ2n) is 5.26. The van der Waals surface area contributed by atoms with Crippen LogP contribution in [0, 0.1) is 0 Å². The van der Waals surface area contributed by atoms with Crippen molar-refractivity contribution in [2.24, 2.45) is 0 Å². The van der Waals surface area contributed by atoms with Crippen LogP contribution in [0.15, 0.2) is 24.5 Å². The van der Waals surface area contributed by atoms with Gasteiger partial charge < -0.3 is 0 Å². The zero-order chi connectivity index (χ0) is 13.3. The molecule has 0 spiro atoms. The summed E-state index contributed by atoms with van der Waals surface area (Å²) in [6.45, 7) is 2.56. The summed E-state index contributed by atoms with van der Waals surface area (Å²) < 4.78 is 28.0. The second-order valence-corrected chi connectivity index (χ2v) is 7.19. The lowest BCUT2D eigenvalue weighted by Crippen LogP contribution is -2.54. The normalized spacial score (nSPS) is 23.2. The van der Waals surface area contributed by atoms with Gasteiger partial charge in [0.15, 0.2) is 0 Å². The predicted molar refractivity (Wildman–Crippen MR) is 72.9 cm³/mol. The van der Waals surface area contributed by atoms with Crippen molar-refractivity contribution in [3.05, 3.63) is 30.1 Å². The van der Waals surface area contributed by atoms with Crippen molar-refractivity contribution in [1.82, 2.24) is 13.6 Å². The fourth-order valence-corrected chi connectivity index (χ4v) is 4.51. The van der Waals surface area contributed by atoms with Crippen molar-refractivity contribution in [3.8, 4) is 0 Å². The molecule has 19 heavy (non-hydrogen) atoms. The number of rotatable bonds is 3. The van der Waals surface area contributed by atoms with Gasteiger partial charge >= 0.3 is 0 Å². The molecular weight excluding hydrogens is 262 g/mol. The van der Waals surface area contributed by atoms with Crippen LogP contribution < -0.4 is 0 Å². The van der Waals surface area contributed by atoms with Crippen LogP contribution in [0.4, 0.5) is 0 Å². The quantitative estimate of drug-likeness (QED) is 0.837. The summed E-state index contributed by atoms with van der Waals surface area (Å²) in [5.41, 5.74) is 1.18. The van der Waals surface area contributed by atoms with Crippen LogP contribution in [-0.4, -0.2) is 48.2 Å². The van der Waals surface area contributed by atoms with Crippen molar-refractivity contribution >= 4 is 10.2 Å². The molecule has 5 nitrogen and oxygen atoms in total. The zero-order valence-corrected chi connectivity index (χ0v) is 11.7. The third-order valence-electron chi connectivity index (χ3n) is 3.99. The molecule has 2 saturated heterocycles. The largest absolute Gasteiger partial charge is 0.282 e. The Morgan fingerprint density at radius 3 is 2.26 bits per heavy atom. The van der Waals surface area contributed by atoms with Crippen LogP contribution in [-0.2, 0) is 10.2 Å². The average molecular weight is 281 g/mol. The van der Waals surface area contributed by atoms with E-state index in [2.05, 4.69) is 4.98 Å². The van der Waals surface area contributed by atoms with Crippen LogP contribution in [0.5, 0.6) is 0 Å². The first-order valence-corrected chi connectivity index (χ1v) is 8.23. The van der Waals surface area contributed by atoms with Crippen LogP contribution >= 0.6 is 0 Å². The monoisotopic (exact) mass is 281 g/mol. The van der Waals surface area contributed by atoms with E-state index in [9.17, 15) is 8.42 Å². The van der Waals surface area contributed by atoms with Crippen molar-refractivity contribution in [1.29, 1.82) is 0 Å². The Morgan fingerprint density at radius 2 is 1.63 bits per heavy atom. The Labute approximate surface area is 114 Å². The Balaban J connectivity index is 1.63. The summed E-state index contributed by atoms with van der Waals surface area (Å²) in [5.74, 6) is 0.322. The molecule has 0 atom stereocenters. The van der Waals surface area contributed by atoms with Gasteiger partial charge in [0.2, 0.25) is 0 Å². The summed E-state index contributed by atoms with van der Waals surface area (Å²) in [6.07, 6.45) is 6.64. The molecule has 2 fully saturated rings. The minimum Gasteiger partial charge on any atom is -0.265 e. The fraction of sp³-hybridized carbons (Fsp3) is 0.615. The highest BCUT2D eigenvalue weighted by Gasteiger charge is 2.39. The van der Waals surface area contributed by atoms with Crippen LogP contribution in [0.25, 0.3) is 0 Å². The molecule has 0 bridgehead atoms. The summed E-state index contributed by atoms with van der Waals surface area (Å²) in [5, 5.41) is 0. The topological polar surface area (TPSA) is 53.5 Å². The number of piperidine rings is 1. The summed E-state index contributed by atoms with van der Waals surface area (Å²) in [6, 6.07) is 3.94. The van der Waals surface area contributed by atoms with Gasteiger partial charge in [-0.25, -0.2) is 0 Å². The van der Waals surface area contributed by atoms with E-state index in [1.54, 1.807) is 21.0 Å². The van der Waals surface area contributed by atoms with E-state index >= 15 is 0 Å². The molecule has 2 aliphatic rings. The van der Waals surface area contributed by atoms with E-state index in [-0.39, 0.29) is 0 Å². The molecule has 0 aliphatic carbocycles. The fourth-order valence-electron chi connectivity index (χ4n) is 2.73. The highest BCUT2D eigenvalue weighted by Crippen LogP contribution is 2.30. The minimum atomic E-state index is -3.22. The molecule has 2 aliphatic heterocycles. The van der Waals surface area contributed by atoms with Gasteiger partial charge in [0.25, 0.3) is 10.2 Å². The van der Waals surface area contributed by atoms with E-state index in [0.29, 0.717) is 32.1 Å². The molecule has 1 aromatic heterocycles. The van der Waals surface area contributed by atoms with E-state index in [1.165, 1.54) is 5.56 Å². The highest BCUT2D eigenvalue weighted by atomic mass is 32.2. The molecule has 104 valence electrons. The maximum atomic E-state index is 12.4. The second kappa shape index (κ2) is 5.19. The highest BCUT2D eigenvalue weighted by molar-refractivity contribution is 7.86. The lowest BCUT2D eigenvalue weighted by Gasteiger charge is -2.41. The van der Waals surface area contributed by atoms with Crippen molar-refractivity contribution in [2.45, 2.75) is 25.2 Å². The molecule has 6 heteroatoms. The standard InChI is InChI=1S/C13H19N3O2S/c17-19(18,15-8-2-1-3-9-15)16-10-13(11-16)12-4-6-14-7-5-12/h4-7,13H,1-3,8-11H2. The third-order valence-corrected chi connectivity index (χ3v) is 5.96. The Kier molecular flexibility index (Phi) is 3.56. The number of nitrogens with zero attached hydrogens (tertiary/aromatic N) is 3. The van der Waals surface area contributed by atoms with E-state index in [1.807, 2.05) is 12.1 Å². The van der Waals surface area contributed by atoms with E-state index < -0.39 is 10.2 Å². The van der Waals surface area contributed by atoms with E-state index in [4.69, 9.17) is 0 Å². The first-order chi connectivity index (χ1) is 9.18. The first-order valence-electron chi connectivity index (χ1n) is 6.83. The van der Waals surface area contributed by atoms with Gasteiger partial charge in [0, 0.05) is 44.5 Å². The predicted octanol–water partition coefficient (Wildman–Crippen LogP) is 1.21. The van der Waals surface area contributed by atoms with Gasteiger partial charge in [-0.2, -0.15) is 17.0 Å². The molecule has 0 saturated carbocycles. The van der Waals surface area contributed by atoms with Crippen LogP contribution in [0.1, 0.15) is 30.7 Å². The van der Waals surface area contributed by atoms with Crippen LogP contribution in [0.3, 0.4) is 0 Å². The average Bonchev–Trinajstić information content (AvgIpc) is 2.39. The van der Waals surface area contributed by atoms with Crippen molar-refractivity contribution < 1.29 is 8.42 Å². The Hall–Kier alpha value is -0.980.